The Morgan fingerprint density at radius 2 is 0.844 bits per heavy atom. The second kappa shape index (κ2) is 17.9. The van der Waals surface area contributed by atoms with Crippen LogP contribution in [0.4, 0.5) is 22.7 Å². The number of rotatable bonds is 14. The SMILES string of the molecule is C=C(C)c1cc(Oc2ccc(OC)cc2N)c2c3c(Oc4ccc(OC)cc4N)cc4c5c(cc(Oc6ccc(OC)cc6N)c(c6c(Oc7ccc(OC)cc7N)cc(C(C)=O)c1c62)c35)c(=O)n1c2ccccc2nc41. The molecule has 2 heterocycles. The Hall–Kier alpha value is -10.4. The van der Waals surface area contributed by atoms with E-state index in [1.165, 1.54) is 21.1 Å². The van der Waals surface area contributed by atoms with Gasteiger partial charge in [0.1, 0.15) is 51.6 Å². The maximum Gasteiger partial charge on any atom is 0.264 e. The molecular formula is C61H48N6O10. The molecular weight excluding hydrogens is 977 g/mol. The van der Waals surface area contributed by atoms with E-state index in [-0.39, 0.29) is 91.0 Å². The van der Waals surface area contributed by atoms with Crippen LogP contribution in [0.1, 0.15) is 29.8 Å². The zero-order chi connectivity index (χ0) is 53.7. The van der Waals surface area contributed by atoms with Gasteiger partial charge in [-0.2, -0.15) is 0 Å². The van der Waals surface area contributed by atoms with E-state index in [9.17, 15) is 4.79 Å². The van der Waals surface area contributed by atoms with Crippen molar-refractivity contribution >= 4 is 105 Å². The van der Waals surface area contributed by atoms with Gasteiger partial charge in [-0.1, -0.05) is 24.3 Å². The van der Waals surface area contributed by atoms with E-state index >= 15 is 4.79 Å². The third-order valence-corrected chi connectivity index (χ3v) is 14.0. The number of nitrogens with zero attached hydrogens (tertiary/aromatic N) is 2. The third-order valence-electron chi connectivity index (χ3n) is 14.0. The summed E-state index contributed by atoms with van der Waals surface area (Å²) in [5.74, 6) is 3.61. The van der Waals surface area contributed by atoms with Gasteiger partial charge in [-0.05, 0) is 104 Å². The molecule has 0 unspecified atom stereocenters. The topological polar surface area (TPSA) is 229 Å². The highest BCUT2D eigenvalue weighted by Crippen LogP contribution is 2.58. The van der Waals surface area contributed by atoms with E-state index in [4.69, 9.17) is 65.8 Å². The van der Waals surface area contributed by atoms with Gasteiger partial charge in [0.2, 0.25) is 0 Å². The molecule has 12 aromatic rings. The van der Waals surface area contributed by atoms with Gasteiger partial charge in [-0.15, -0.1) is 0 Å². The minimum atomic E-state index is -0.384. The predicted octanol–water partition coefficient (Wildman–Crippen LogP) is 13.3. The summed E-state index contributed by atoms with van der Waals surface area (Å²) in [5.41, 5.74) is 30.7. The van der Waals surface area contributed by atoms with Crippen molar-refractivity contribution in [1.82, 2.24) is 9.38 Å². The molecule has 0 atom stereocenters. The first-order valence-electron chi connectivity index (χ1n) is 24.2. The standard InChI is InChI=1S/C61H48N6O10/c1-28(2)34-24-48(74-44-16-12-30(70-4)20-38(44)62)54-56-50(76-46-18-14-32(72-6)22-40(46)64)26-36-53-37(61(69)67-43-11-9-8-10-42(43)66-60(36)67)27-51(77-47-19-15-33(73-7)23-41(47)65)57(59(53)56)55-49(25-35(29(3)68)52(34)58(54)55)75-45-17-13-31(71-5)21-39(45)63/h8-27H,1,62-65H2,2-7H3. The van der Waals surface area contributed by atoms with Crippen LogP contribution in [-0.4, -0.2) is 43.6 Å². The van der Waals surface area contributed by atoms with Crippen LogP contribution in [0, 0.1) is 0 Å². The number of ketones is 1. The summed E-state index contributed by atoms with van der Waals surface area (Å²) in [6.45, 7) is 7.77. The first-order chi connectivity index (χ1) is 37.2. The highest BCUT2D eigenvalue weighted by Gasteiger charge is 2.33. The number of anilines is 4. The minimum Gasteiger partial charge on any atom is -0.497 e. The van der Waals surface area contributed by atoms with Gasteiger partial charge in [0.25, 0.3) is 5.56 Å². The van der Waals surface area contributed by atoms with Crippen molar-refractivity contribution in [3.05, 3.63) is 149 Å². The first-order valence-corrected chi connectivity index (χ1v) is 24.2. The lowest BCUT2D eigenvalue weighted by molar-refractivity contribution is 0.101. The van der Waals surface area contributed by atoms with Gasteiger partial charge >= 0.3 is 0 Å². The molecule has 0 radical (unpaired) electrons. The van der Waals surface area contributed by atoms with Crippen LogP contribution in [0.5, 0.6) is 69.0 Å². The molecule has 77 heavy (non-hydrogen) atoms. The number of methoxy groups -OCH3 is 4. The van der Waals surface area contributed by atoms with Crippen molar-refractivity contribution in [3.8, 4) is 69.0 Å². The van der Waals surface area contributed by atoms with Crippen LogP contribution < -0.4 is 66.4 Å². The number of Topliss-reactive ketones (excluding diaryl/α,β-unsaturated/α-hetero) is 1. The molecule has 0 aliphatic rings. The summed E-state index contributed by atoms with van der Waals surface area (Å²) in [5, 5.41) is 4.41. The molecule has 0 fully saturated rings. The van der Waals surface area contributed by atoms with E-state index in [2.05, 4.69) is 6.58 Å². The number of nitrogen functional groups attached to an aromatic ring is 4. The highest BCUT2D eigenvalue weighted by molar-refractivity contribution is 6.43. The lowest BCUT2D eigenvalue weighted by Gasteiger charge is -2.26. The van der Waals surface area contributed by atoms with Crippen LogP contribution >= 0.6 is 0 Å². The van der Waals surface area contributed by atoms with Gasteiger partial charge in [-0.25, -0.2) is 4.98 Å². The lowest BCUT2D eigenvalue weighted by Crippen LogP contribution is -2.14. The molecule has 12 rings (SSSR count). The summed E-state index contributed by atoms with van der Waals surface area (Å²) in [6, 6.07) is 34.7. The number of allylic oxidation sites excluding steroid dienone is 1. The Kier molecular flexibility index (Phi) is 11.1. The second-order valence-electron chi connectivity index (χ2n) is 18.6. The van der Waals surface area contributed by atoms with Crippen molar-refractivity contribution in [1.29, 1.82) is 0 Å². The second-order valence-corrected chi connectivity index (χ2v) is 18.6. The molecule has 10 aromatic carbocycles. The quantitative estimate of drug-likeness (QED) is 0.0343. The van der Waals surface area contributed by atoms with Crippen LogP contribution in [-0.2, 0) is 0 Å². The average Bonchev–Trinajstić information content (AvgIpc) is 3.84. The molecule has 2 aromatic heterocycles. The van der Waals surface area contributed by atoms with Crippen molar-refractivity contribution in [2.45, 2.75) is 13.8 Å². The number of ether oxygens (including phenoxy) is 8. The molecule has 8 N–H and O–H groups in total. The van der Waals surface area contributed by atoms with Crippen LogP contribution in [0.25, 0.3) is 76.1 Å². The van der Waals surface area contributed by atoms with E-state index in [1.54, 1.807) is 104 Å². The summed E-state index contributed by atoms with van der Waals surface area (Å²) in [6.07, 6.45) is 0. The fourth-order valence-corrected chi connectivity index (χ4v) is 10.4. The van der Waals surface area contributed by atoms with E-state index < -0.39 is 0 Å². The fourth-order valence-electron chi connectivity index (χ4n) is 10.4. The molecule has 0 amide bonds. The number of hydrogen-bond acceptors (Lipinski definition) is 15. The molecule has 16 nitrogen and oxygen atoms in total. The monoisotopic (exact) mass is 1020 g/mol. The number of carbonyl (C=O) groups excluding carboxylic acids is 1. The van der Waals surface area contributed by atoms with Crippen molar-refractivity contribution in [2.24, 2.45) is 0 Å². The molecule has 0 saturated carbocycles. The zero-order valence-electron chi connectivity index (χ0n) is 42.5. The number of nitrogens with two attached hydrogens (primary N) is 4. The van der Waals surface area contributed by atoms with Crippen LogP contribution in [0.3, 0.4) is 0 Å². The predicted molar refractivity (Wildman–Crippen MR) is 304 cm³/mol. The Morgan fingerprint density at radius 3 is 1.25 bits per heavy atom. The van der Waals surface area contributed by atoms with E-state index in [0.717, 1.165) is 0 Å². The normalized spacial score (nSPS) is 11.6. The minimum absolute atomic E-state index is 0.177. The van der Waals surface area contributed by atoms with E-state index in [1.807, 2.05) is 43.3 Å². The number of carbonyl (C=O) groups is 1. The molecule has 0 aliphatic heterocycles. The Bertz CT molecular complexity index is 4420. The third kappa shape index (κ3) is 7.47. The van der Waals surface area contributed by atoms with Gasteiger partial charge < -0.3 is 60.8 Å². The summed E-state index contributed by atoms with van der Waals surface area (Å²) in [7, 11) is 6.16. The number of imidazole rings is 1. The number of benzene rings is 10. The van der Waals surface area contributed by atoms with E-state index in [0.29, 0.717) is 99.3 Å². The van der Waals surface area contributed by atoms with Crippen LogP contribution in [0.2, 0.25) is 0 Å². The Labute approximate surface area is 438 Å². The molecule has 382 valence electrons. The molecule has 16 heteroatoms. The zero-order valence-corrected chi connectivity index (χ0v) is 42.5. The van der Waals surface area contributed by atoms with Gasteiger partial charge in [0.05, 0.1) is 67.6 Å². The molecule has 0 aliphatic carbocycles. The summed E-state index contributed by atoms with van der Waals surface area (Å²) >= 11 is 0. The van der Waals surface area contributed by atoms with Crippen molar-refractivity contribution < 1.29 is 42.7 Å². The number of hydrogen-bond donors (Lipinski definition) is 4. The number of para-hydroxylation sites is 2. The fraction of sp³-hybridized carbons (Fsp3) is 0.0984. The van der Waals surface area contributed by atoms with Gasteiger partial charge in [0.15, 0.2) is 28.8 Å². The van der Waals surface area contributed by atoms with Gasteiger partial charge in [-0.3, -0.25) is 14.0 Å². The van der Waals surface area contributed by atoms with Crippen LogP contribution in [0.15, 0.2) is 133 Å². The Balaban J connectivity index is 1.38. The number of fused-ring (bicyclic) bond motifs is 6. The number of aromatic nitrogens is 2. The molecule has 0 saturated heterocycles. The highest BCUT2D eigenvalue weighted by atomic mass is 16.5. The maximum atomic E-state index is 15.6. The van der Waals surface area contributed by atoms with Crippen molar-refractivity contribution in [3.63, 3.8) is 0 Å². The molecule has 0 spiro atoms. The summed E-state index contributed by atoms with van der Waals surface area (Å²) < 4.78 is 52.1. The van der Waals surface area contributed by atoms with Crippen molar-refractivity contribution in [2.75, 3.05) is 51.4 Å². The van der Waals surface area contributed by atoms with Gasteiger partial charge in [0, 0.05) is 78.3 Å². The largest absolute Gasteiger partial charge is 0.497 e. The Morgan fingerprint density at radius 1 is 0.455 bits per heavy atom. The lowest BCUT2D eigenvalue weighted by atomic mass is 9.82. The smallest absolute Gasteiger partial charge is 0.264 e. The number of pyridine rings is 1. The molecule has 0 bridgehead atoms. The summed E-state index contributed by atoms with van der Waals surface area (Å²) in [4.78, 5) is 35.2. The average molecular weight is 1030 g/mol. The maximum absolute atomic E-state index is 15.6. The first kappa shape index (κ1) is 47.6.